The average molecular weight is 551 g/mol. The molecule has 1 aliphatic carbocycles. The van der Waals surface area contributed by atoms with Crippen molar-refractivity contribution in [1.82, 2.24) is 0 Å². The zero-order chi connectivity index (χ0) is 30.0. The fourth-order valence-electron chi connectivity index (χ4n) is 4.77. The average Bonchev–Trinajstić information content (AvgIpc) is 3.31. The molecule has 1 unspecified atom stereocenters. The van der Waals surface area contributed by atoms with Gasteiger partial charge in [0, 0.05) is 22.8 Å². The zero-order valence-corrected chi connectivity index (χ0v) is 24.2. The molecule has 1 aliphatic rings. The van der Waals surface area contributed by atoms with Gasteiger partial charge in [-0.25, -0.2) is 14.4 Å². The molecule has 6 nitrogen and oxygen atoms in total. The number of benzene rings is 3. The van der Waals surface area contributed by atoms with E-state index in [-0.39, 0.29) is 34.7 Å². The molecular formula is C35H34O6. The van der Waals surface area contributed by atoms with Crippen LogP contribution in [0.5, 0.6) is 11.5 Å². The van der Waals surface area contributed by atoms with Crippen LogP contribution in [0.15, 0.2) is 85.0 Å². The van der Waals surface area contributed by atoms with Crippen molar-refractivity contribution in [2.75, 3.05) is 0 Å². The Morgan fingerprint density at radius 1 is 0.683 bits per heavy atom. The highest BCUT2D eigenvalue weighted by Gasteiger charge is 2.26. The van der Waals surface area contributed by atoms with Crippen molar-refractivity contribution in [2.24, 2.45) is 0 Å². The largest absolute Gasteiger partial charge is 0.454 e. The summed E-state index contributed by atoms with van der Waals surface area (Å²) in [5.74, 6) is -1.04. The fraction of sp³-hybridized carbons (Fsp3) is 0.229. The summed E-state index contributed by atoms with van der Waals surface area (Å²) in [6, 6.07) is 15.4. The Morgan fingerprint density at radius 3 is 1.71 bits per heavy atom. The maximum atomic E-state index is 12.2. The number of hydrogen-bond donors (Lipinski definition) is 0. The Morgan fingerprint density at radius 2 is 1.20 bits per heavy atom. The number of rotatable bonds is 8. The predicted molar refractivity (Wildman–Crippen MR) is 160 cm³/mol. The van der Waals surface area contributed by atoms with E-state index in [1.165, 1.54) is 11.6 Å². The van der Waals surface area contributed by atoms with E-state index < -0.39 is 11.9 Å². The second kappa shape index (κ2) is 11.8. The standard InChI is InChI=1S/C35H34O6/c1-19(2)33(36)39-27-16-26(17-28(18-27)40-34(37)20(3)4)31-14-22(7)30(13-23(31)8)25-9-11-29-24(15-25)10-12-32(29)41-35(38)21(5)6/h9,11,13-18,32H,1,3,5,10,12H2,2,4,6-8H3. The molecular weight excluding hydrogens is 516 g/mol. The van der Waals surface area contributed by atoms with E-state index >= 15 is 0 Å². The molecule has 4 rings (SSSR count). The van der Waals surface area contributed by atoms with Crippen molar-refractivity contribution in [1.29, 1.82) is 0 Å². The lowest BCUT2D eigenvalue weighted by atomic mass is 9.90. The van der Waals surface area contributed by atoms with Gasteiger partial charge >= 0.3 is 17.9 Å². The van der Waals surface area contributed by atoms with Gasteiger partial charge in [0.2, 0.25) is 0 Å². The van der Waals surface area contributed by atoms with Gasteiger partial charge in [-0.2, -0.15) is 0 Å². The number of ether oxygens (including phenoxy) is 3. The first-order chi connectivity index (χ1) is 19.3. The van der Waals surface area contributed by atoms with Crippen molar-refractivity contribution in [3.05, 3.63) is 107 Å². The second-order valence-corrected chi connectivity index (χ2v) is 10.6. The predicted octanol–water partition coefficient (Wildman–Crippen LogP) is 7.71. The van der Waals surface area contributed by atoms with Crippen LogP contribution in [0, 0.1) is 13.8 Å². The van der Waals surface area contributed by atoms with E-state index in [0.717, 1.165) is 51.8 Å². The first-order valence-electron chi connectivity index (χ1n) is 13.4. The highest BCUT2D eigenvalue weighted by atomic mass is 16.6. The summed E-state index contributed by atoms with van der Waals surface area (Å²) in [7, 11) is 0. The lowest BCUT2D eigenvalue weighted by molar-refractivity contribution is -0.144. The Kier molecular flexibility index (Phi) is 8.43. The van der Waals surface area contributed by atoms with Gasteiger partial charge in [-0.3, -0.25) is 0 Å². The number of hydrogen-bond acceptors (Lipinski definition) is 6. The van der Waals surface area contributed by atoms with Crippen LogP contribution in [0.2, 0.25) is 0 Å². The topological polar surface area (TPSA) is 78.9 Å². The summed E-state index contributed by atoms with van der Waals surface area (Å²) in [5, 5.41) is 0. The third kappa shape index (κ3) is 6.55. The number of carbonyl (C=O) groups excluding carboxylic acids is 3. The Bertz CT molecular complexity index is 1580. The van der Waals surface area contributed by atoms with Crippen molar-refractivity contribution < 1.29 is 28.6 Å². The molecule has 0 bridgehead atoms. The molecule has 210 valence electrons. The van der Waals surface area contributed by atoms with E-state index in [1.807, 2.05) is 19.9 Å². The summed E-state index contributed by atoms with van der Waals surface area (Å²) in [4.78, 5) is 36.5. The van der Waals surface area contributed by atoms with Crippen LogP contribution in [0.25, 0.3) is 22.3 Å². The van der Waals surface area contributed by atoms with Crippen LogP contribution in [0.4, 0.5) is 0 Å². The molecule has 3 aromatic carbocycles. The third-order valence-electron chi connectivity index (χ3n) is 6.95. The molecule has 0 saturated heterocycles. The third-order valence-corrected chi connectivity index (χ3v) is 6.95. The van der Waals surface area contributed by atoms with Gasteiger partial charge in [0.1, 0.15) is 17.6 Å². The van der Waals surface area contributed by atoms with E-state index in [1.54, 1.807) is 32.9 Å². The molecule has 0 saturated carbocycles. The van der Waals surface area contributed by atoms with E-state index in [0.29, 0.717) is 5.57 Å². The number of fused-ring (bicyclic) bond motifs is 1. The van der Waals surface area contributed by atoms with Gasteiger partial charge in [0.05, 0.1) is 0 Å². The lowest BCUT2D eigenvalue weighted by Gasteiger charge is -2.17. The number of esters is 3. The summed E-state index contributed by atoms with van der Waals surface area (Å²) in [6.45, 7) is 19.8. The lowest BCUT2D eigenvalue weighted by Crippen LogP contribution is -2.10. The van der Waals surface area contributed by atoms with Crippen LogP contribution < -0.4 is 9.47 Å². The minimum Gasteiger partial charge on any atom is -0.454 e. The van der Waals surface area contributed by atoms with E-state index in [4.69, 9.17) is 14.2 Å². The Hall–Kier alpha value is -4.71. The van der Waals surface area contributed by atoms with Crippen LogP contribution in [0.1, 0.15) is 55.5 Å². The highest BCUT2D eigenvalue weighted by molar-refractivity contribution is 5.91. The molecule has 0 N–H and O–H groups in total. The summed E-state index contributed by atoms with van der Waals surface area (Å²) in [5.41, 5.74) is 8.90. The number of carbonyl (C=O) groups is 3. The minimum atomic E-state index is -0.573. The molecule has 0 aliphatic heterocycles. The van der Waals surface area contributed by atoms with E-state index in [2.05, 4.69) is 44.0 Å². The van der Waals surface area contributed by atoms with Gasteiger partial charge in [0.25, 0.3) is 0 Å². The van der Waals surface area contributed by atoms with Crippen molar-refractivity contribution >= 4 is 17.9 Å². The molecule has 0 amide bonds. The minimum absolute atomic E-state index is 0.238. The fourth-order valence-corrected chi connectivity index (χ4v) is 4.77. The first kappa shape index (κ1) is 29.3. The quantitative estimate of drug-likeness (QED) is 0.162. The normalized spacial score (nSPS) is 13.6. The maximum Gasteiger partial charge on any atom is 0.338 e. The van der Waals surface area contributed by atoms with Crippen LogP contribution in [-0.2, 0) is 25.5 Å². The monoisotopic (exact) mass is 550 g/mol. The van der Waals surface area contributed by atoms with Gasteiger partial charge in [0.15, 0.2) is 0 Å². The molecule has 0 aromatic heterocycles. The van der Waals surface area contributed by atoms with Crippen molar-refractivity contribution in [2.45, 2.75) is 53.6 Å². The molecule has 0 spiro atoms. The summed E-state index contributed by atoms with van der Waals surface area (Å²) >= 11 is 0. The van der Waals surface area contributed by atoms with Gasteiger partial charge < -0.3 is 14.2 Å². The second-order valence-electron chi connectivity index (χ2n) is 10.6. The zero-order valence-electron chi connectivity index (χ0n) is 24.2. The Balaban J connectivity index is 1.70. The molecule has 41 heavy (non-hydrogen) atoms. The molecule has 0 radical (unpaired) electrons. The number of aryl methyl sites for hydroxylation is 3. The highest BCUT2D eigenvalue weighted by Crippen LogP contribution is 2.39. The Labute approximate surface area is 241 Å². The van der Waals surface area contributed by atoms with Crippen LogP contribution in [-0.4, -0.2) is 17.9 Å². The van der Waals surface area contributed by atoms with Crippen molar-refractivity contribution in [3.8, 4) is 33.8 Å². The molecule has 6 heteroatoms. The molecule has 0 heterocycles. The smallest absolute Gasteiger partial charge is 0.338 e. The molecule has 3 aromatic rings. The van der Waals surface area contributed by atoms with Gasteiger partial charge in [-0.1, -0.05) is 50.1 Å². The van der Waals surface area contributed by atoms with Crippen molar-refractivity contribution in [3.63, 3.8) is 0 Å². The van der Waals surface area contributed by atoms with Crippen LogP contribution in [0.3, 0.4) is 0 Å². The SMILES string of the molecule is C=C(C)C(=O)Oc1cc(OC(=O)C(=C)C)cc(-c2cc(C)c(-c3ccc4c(c3)CCC4OC(=O)C(=C)C)cc2C)c1. The van der Waals surface area contributed by atoms with Crippen LogP contribution >= 0.6 is 0 Å². The maximum absolute atomic E-state index is 12.2. The molecule has 1 atom stereocenters. The van der Waals surface area contributed by atoms with Gasteiger partial charge in [-0.05, 0) is 104 Å². The summed E-state index contributed by atoms with van der Waals surface area (Å²) in [6.07, 6.45) is 1.32. The summed E-state index contributed by atoms with van der Waals surface area (Å²) < 4.78 is 16.6. The van der Waals surface area contributed by atoms with Gasteiger partial charge in [-0.15, -0.1) is 0 Å². The van der Waals surface area contributed by atoms with E-state index in [9.17, 15) is 14.4 Å². The first-order valence-corrected chi connectivity index (χ1v) is 13.4. The molecule has 0 fully saturated rings.